The molecule has 6 heteroatoms. The van der Waals surface area contributed by atoms with Gasteiger partial charge in [-0.15, -0.1) is 0 Å². The third-order valence-electron chi connectivity index (χ3n) is 6.60. The van der Waals surface area contributed by atoms with Crippen LogP contribution in [0.2, 0.25) is 0 Å². The summed E-state index contributed by atoms with van der Waals surface area (Å²) in [7, 11) is 0. The first-order valence-corrected chi connectivity index (χ1v) is 11.4. The number of hydrogen-bond donors (Lipinski definition) is 1. The molecule has 0 saturated carbocycles. The summed E-state index contributed by atoms with van der Waals surface area (Å²) >= 11 is 0. The highest BCUT2D eigenvalue weighted by molar-refractivity contribution is 5.92. The standard InChI is InChI=1S/C26H29FN4O/c1-16(2)25-21-13-19(18-6-9-31(10-7-18)15-24-28-8-11-32-24)4-5-23(21)30-26(25)20-12-17(3)29-14-22(20)27/h4-5,8,11-14,16,18,30H,6-7,9-10,15H2,1-3H3. The number of likely N-dealkylation sites (tertiary alicyclic amines) is 1. The highest BCUT2D eigenvalue weighted by atomic mass is 19.1. The van der Waals surface area contributed by atoms with E-state index in [1.54, 1.807) is 12.5 Å². The molecule has 0 aliphatic carbocycles. The van der Waals surface area contributed by atoms with E-state index in [0.717, 1.165) is 55.3 Å². The maximum atomic E-state index is 14.7. The number of fused-ring (bicyclic) bond motifs is 1. The van der Waals surface area contributed by atoms with Gasteiger partial charge in [0.25, 0.3) is 0 Å². The summed E-state index contributed by atoms with van der Waals surface area (Å²) in [6, 6.07) is 8.54. The normalized spacial score (nSPS) is 15.8. The molecule has 1 saturated heterocycles. The molecule has 1 N–H and O–H groups in total. The van der Waals surface area contributed by atoms with E-state index in [-0.39, 0.29) is 11.7 Å². The molecule has 4 heterocycles. The number of rotatable bonds is 5. The van der Waals surface area contributed by atoms with E-state index in [2.05, 4.69) is 51.9 Å². The number of aromatic nitrogens is 3. The zero-order valence-corrected chi connectivity index (χ0v) is 18.9. The maximum absolute atomic E-state index is 14.7. The van der Waals surface area contributed by atoms with Crippen molar-refractivity contribution in [3.63, 3.8) is 0 Å². The van der Waals surface area contributed by atoms with E-state index < -0.39 is 0 Å². The summed E-state index contributed by atoms with van der Waals surface area (Å²) < 4.78 is 20.1. The Labute approximate surface area is 187 Å². The molecule has 0 radical (unpaired) electrons. The topological polar surface area (TPSA) is 58.0 Å². The van der Waals surface area contributed by atoms with Crippen LogP contribution in [0, 0.1) is 12.7 Å². The molecule has 0 amide bonds. The highest BCUT2D eigenvalue weighted by Crippen LogP contribution is 2.39. The quantitative estimate of drug-likeness (QED) is 0.410. The van der Waals surface area contributed by atoms with Gasteiger partial charge in [0.05, 0.1) is 24.6 Å². The first-order valence-electron chi connectivity index (χ1n) is 11.4. The zero-order valence-electron chi connectivity index (χ0n) is 18.9. The molecule has 5 rings (SSSR count). The number of nitrogens with one attached hydrogen (secondary N) is 1. The second-order valence-electron chi connectivity index (χ2n) is 9.16. The second kappa shape index (κ2) is 8.51. The molecular weight excluding hydrogens is 403 g/mol. The van der Waals surface area contributed by atoms with E-state index in [9.17, 15) is 4.39 Å². The summed E-state index contributed by atoms with van der Waals surface area (Å²) in [5, 5.41) is 1.20. The van der Waals surface area contributed by atoms with Gasteiger partial charge in [0.15, 0.2) is 5.82 Å². The van der Waals surface area contributed by atoms with Crippen LogP contribution in [0.4, 0.5) is 4.39 Å². The van der Waals surface area contributed by atoms with Crippen LogP contribution in [-0.4, -0.2) is 32.9 Å². The molecule has 3 aromatic heterocycles. The largest absolute Gasteiger partial charge is 0.448 e. The number of oxazole rings is 1. The highest BCUT2D eigenvalue weighted by Gasteiger charge is 2.24. The van der Waals surface area contributed by atoms with Gasteiger partial charge >= 0.3 is 0 Å². The minimum absolute atomic E-state index is 0.268. The predicted molar refractivity (Wildman–Crippen MR) is 124 cm³/mol. The fourth-order valence-corrected chi connectivity index (χ4v) is 4.98. The number of hydrogen-bond acceptors (Lipinski definition) is 4. The molecule has 1 aromatic carbocycles. The summed E-state index contributed by atoms with van der Waals surface area (Å²) in [6.45, 7) is 9.07. The van der Waals surface area contributed by atoms with Crippen LogP contribution in [0.25, 0.3) is 22.2 Å². The van der Waals surface area contributed by atoms with Crippen LogP contribution in [0.5, 0.6) is 0 Å². The first-order chi connectivity index (χ1) is 15.5. The number of halogens is 1. The van der Waals surface area contributed by atoms with Gasteiger partial charge in [-0.2, -0.15) is 0 Å². The van der Waals surface area contributed by atoms with Crippen LogP contribution in [0.3, 0.4) is 0 Å². The average molecular weight is 433 g/mol. The van der Waals surface area contributed by atoms with Gasteiger partial charge in [0.1, 0.15) is 6.26 Å². The lowest BCUT2D eigenvalue weighted by Crippen LogP contribution is -2.32. The van der Waals surface area contributed by atoms with Gasteiger partial charge < -0.3 is 9.40 Å². The number of benzene rings is 1. The monoisotopic (exact) mass is 432 g/mol. The predicted octanol–water partition coefficient (Wildman–Crippen LogP) is 6.17. The molecule has 32 heavy (non-hydrogen) atoms. The van der Waals surface area contributed by atoms with Crippen molar-refractivity contribution in [1.29, 1.82) is 0 Å². The van der Waals surface area contributed by atoms with Gasteiger partial charge in [-0.05, 0) is 74.0 Å². The number of piperidine rings is 1. The van der Waals surface area contributed by atoms with E-state index in [4.69, 9.17) is 4.42 Å². The molecule has 166 valence electrons. The van der Waals surface area contributed by atoms with Crippen molar-refractivity contribution in [3.05, 3.63) is 71.5 Å². The van der Waals surface area contributed by atoms with Crippen molar-refractivity contribution in [2.24, 2.45) is 0 Å². The summed E-state index contributed by atoms with van der Waals surface area (Å²) in [4.78, 5) is 14.2. The average Bonchev–Trinajstić information content (AvgIpc) is 3.43. The molecule has 1 aliphatic heterocycles. The lowest BCUT2D eigenvalue weighted by molar-refractivity contribution is 0.187. The molecule has 0 spiro atoms. The van der Waals surface area contributed by atoms with Crippen LogP contribution >= 0.6 is 0 Å². The number of aryl methyl sites for hydroxylation is 1. The van der Waals surface area contributed by atoms with Gasteiger partial charge in [-0.25, -0.2) is 9.37 Å². The Morgan fingerprint density at radius 2 is 2.00 bits per heavy atom. The third-order valence-corrected chi connectivity index (χ3v) is 6.60. The molecule has 0 bridgehead atoms. The van der Waals surface area contributed by atoms with E-state index in [1.165, 1.54) is 22.7 Å². The van der Waals surface area contributed by atoms with Crippen molar-refractivity contribution in [2.75, 3.05) is 13.1 Å². The van der Waals surface area contributed by atoms with E-state index >= 15 is 0 Å². The lowest BCUT2D eigenvalue weighted by atomic mass is 9.87. The Bertz CT molecular complexity index is 1220. The SMILES string of the molecule is Cc1cc(-c2[nH]c3ccc(C4CCN(Cc5ncco5)CC4)cc3c2C(C)C)c(F)cn1. The van der Waals surface area contributed by atoms with E-state index in [1.807, 2.05) is 13.0 Å². The summed E-state index contributed by atoms with van der Waals surface area (Å²) in [5.41, 5.74) is 5.88. The Hall–Kier alpha value is -2.99. The maximum Gasteiger partial charge on any atom is 0.208 e. The van der Waals surface area contributed by atoms with E-state index in [0.29, 0.717) is 11.5 Å². The second-order valence-corrected chi connectivity index (χ2v) is 9.16. The fourth-order valence-electron chi connectivity index (χ4n) is 4.98. The number of pyridine rings is 1. The Balaban J connectivity index is 1.44. The van der Waals surface area contributed by atoms with Crippen molar-refractivity contribution >= 4 is 10.9 Å². The van der Waals surface area contributed by atoms with Crippen molar-refractivity contribution in [2.45, 2.75) is 52.0 Å². The van der Waals surface area contributed by atoms with Gasteiger partial charge in [-0.3, -0.25) is 9.88 Å². The molecular formula is C26H29FN4O. The molecule has 0 unspecified atom stereocenters. The van der Waals surface area contributed by atoms with Crippen molar-refractivity contribution in [1.82, 2.24) is 19.9 Å². The van der Waals surface area contributed by atoms with Crippen molar-refractivity contribution < 1.29 is 8.81 Å². The minimum Gasteiger partial charge on any atom is -0.448 e. The molecule has 1 fully saturated rings. The van der Waals surface area contributed by atoms with Gasteiger partial charge in [-0.1, -0.05) is 19.9 Å². The fraction of sp³-hybridized carbons (Fsp3) is 0.385. The minimum atomic E-state index is -0.289. The smallest absolute Gasteiger partial charge is 0.208 e. The summed E-state index contributed by atoms with van der Waals surface area (Å²) in [6.07, 6.45) is 6.87. The van der Waals surface area contributed by atoms with Gasteiger partial charge in [0, 0.05) is 22.2 Å². The van der Waals surface area contributed by atoms with Crippen LogP contribution < -0.4 is 0 Å². The van der Waals surface area contributed by atoms with Crippen molar-refractivity contribution in [3.8, 4) is 11.3 Å². The lowest BCUT2D eigenvalue weighted by Gasteiger charge is -2.31. The number of aromatic amines is 1. The molecule has 5 nitrogen and oxygen atoms in total. The van der Waals surface area contributed by atoms with Crippen LogP contribution in [-0.2, 0) is 6.54 Å². The zero-order chi connectivity index (χ0) is 22.2. The molecule has 1 aliphatic rings. The Morgan fingerprint density at radius 1 is 1.19 bits per heavy atom. The summed E-state index contributed by atoms with van der Waals surface area (Å²) in [5.74, 6) is 1.29. The Morgan fingerprint density at radius 3 is 2.72 bits per heavy atom. The van der Waals surface area contributed by atoms with Crippen LogP contribution in [0.1, 0.15) is 61.2 Å². The number of H-pyrrole nitrogens is 1. The first kappa shape index (κ1) is 20.9. The Kier molecular flexibility index (Phi) is 5.55. The third kappa shape index (κ3) is 3.95. The molecule has 4 aromatic rings. The van der Waals surface area contributed by atoms with Gasteiger partial charge in [0.2, 0.25) is 5.89 Å². The number of nitrogens with zero attached hydrogens (tertiary/aromatic N) is 3. The molecule has 0 atom stereocenters. The van der Waals surface area contributed by atoms with Crippen LogP contribution in [0.15, 0.2) is 47.3 Å².